The number of amides is 1. The van der Waals surface area contributed by atoms with Crippen LogP contribution in [-0.2, 0) is 20.7 Å². The van der Waals surface area contributed by atoms with Crippen molar-refractivity contribution >= 4 is 12.1 Å². The molecule has 3 rings (SSSR count). The number of hydrogen-bond donors (Lipinski definition) is 0. The van der Waals surface area contributed by atoms with Crippen molar-refractivity contribution in [2.75, 3.05) is 13.7 Å². The maximum Gasteiger partial charge on any atom is 0.411 e. The first kappa shape index (κ1) is 18.9. The Morgan fingerprint density at radius 1 is 1.15 bits per heavy atom. The van der Waals surface area contributed by atoms with Crippen LogP contribution in [0.5, 0.6) is 0 Å². The molecule has 0 aliphatic carbocycles. The highest BCUT2D eigenvalue weighted by Crippen LogP contribution is 2.37. The highest BCUT2D eigenvalue weighted by atomic mass is 16.6. The molecule has 0 spiro atoms. The third-order valence-corrected chi connectivity index (χ3v) is 4.46. The average molecular weight is 368 g/mol. The van der Waals surface area contributed by atoms with Gasteiger partial charge in [-0.1, -0.05) is 18.2 Å². The van der Waals surface area contributed by atoms with Crippen LogP contribution in [0.25, 0.3) is 11.1 Å². The summed E-state index contributed by atoms with van der Waals surface area (Å²) in [5.41, 5.74) is 3.23. The molecule has 27 heavy (non-hydrogen) atoms. The number of nitrogens with zero attached hydrogens (tertiary/aromatic N) is 2. The minimum Gasteiger partial charge on any atom is -0.467 e. The molecule has 0 saturated heterocycles. The molecular weight excluding hydrogens is 344 g/mol. The first-order valence-corrected chi connectivity index (χ1v) is 8.91. The molecule has 6 heteroatoms. The van der Waals surface area contributed by atoms with E-state index in [-0.39, 0.29) is 0 Å². The minimum atomic E-state index is -0.824. The number of hydrogen-bond acceptors (Lipinski definition) is 5. The standard InChI is InChI=1S/C21H24N2O4/c1-21(2,3)27-20(25)23-13-10-16-15(14-8-11-22-12-9-14)6-5-7-17(16)18(23)19(24)26-4/h5-9,11-12,18H,10,13H2,1-4H3/t18-/m0/s1. The summed E-state index contributed by atoms with van der Waals surface area (Å²) in [5.74, 6) is -0.478. The molecule has 1 aromatic carbocycles. The molecule has 0 bridgehead atoms. The fourth-order valence-corrected chi connectivity index (χ4v) is 3.35. The molecule has 1 aliphatic heterocycles. The number of esters is 1. The van der Waals surface area contributed by atoms with Crippen molar-refractivity contribution in [3.63, 3.8) is 0 Å². The first-order chi connectivity index (χ1) is 12.8. The number of rotatable bonds is 2. The summed E-state index contributed by atoms with van der Waals surface area (Å²) in [6.07, 6.45) is 3.59. The van der Waals surface area contributed by atoms with Gasteiger partial charge in [0.1, 0.15) is 5.60 Å². The molecule has 1 atom stereocenters. The maximum atomic E-state index is 12.7. The lowest BCUT2D eigenvalue weighted by atomic mass is 9.87. The van der Waals surface area contributed by atoms with E-state index >= 15 is 0 Å². The Bertz CT molecular complexity index is 843. The van der Waals surface area contributed by atoms with E-state index in [0.717, 1.165) is 22.3 Å². The van der Waals surface area contributed by atoms with Gasteiger partial charge in [-0.15, -0.1) is 0 Å². The van der Waals surface area contributed by atoms with Crippen molar-refractivity contribution < 1.29 is 19.1 Å². The fraction of sp³-hybridized carbons (Fsp3) is 0.381. The second-order valence-corrected chi connectivity index (χ2v) is 7.46. The fourth-order valence-electron chi connectivity index (χ4n) is 3.35. The average Bonchev–Trinajstić information content (AvgIpc) is 2.65. The van der Waals surface area contributed by atoms with Gasteiger partial charge in [-0.25, -0.2) is 9.59 Å². The molecule has 0 fully saturated rings. The lowest BCUT2D eigenvalue weighted by Gasteiger charge is -2.37. The van der Waals surface area contributed by atoms with Crippen molar-refractivity contribution in [2.45, 2.75) is 38.8 Å². The summed E-state index contributed by atoms with van der Waals surface area (Å²) in [6, 6.07) is 8.83. The van der Waals surface area contributed by atoms with Gasteiger partial charge in [0.2, 0.25) is 0 Å². The molecule has 1 amide bonds. The van der Waals surface area contributed by atoms with Gasteiger partial charge in [0, 0.05) is 18.9 Å². The first-order valence-electron chi connectivity index (χ1n) is 8.91. The second-order valence-electron chi connectivity index (χ2n) is 7.46. The van der Waals surface area contributed by atoms with E-state index in [0.29, 0.717) is 13.0 Å². The van der Waals surface area contributed by atoms with Gasteiger partial charge in [-0.05, 0) is 61.6 Å². The van der Waals surface area contributed by atoms with E-state index < -0.39 is 23.7 Å². The van der Waals surface area contributed by atoms with E-state index in [1.807, 2.05) is 30.3 Å². The third-order valence-electron chi connectivity index (χ3n) is 4.46. The maximum absolute atomic E-state index is 12.7. The van der Waals surface area contributed by atoms with Crippen LogP contribution in [0.3, 0.4) is 0 Å². The number of carbonyl (C=O) groups is 2. The summed E-state index contributed by atoms with van der Waals surface area (Å²) in [4.78, 5) is 30.8. The van der Waals surface area contributed by atoms with Crippen molar-refractivity contribution in [2.24, 2.45) is 0 Å². The van der Waals surface area contributed by atoms with E-state index in [9.17, 15) is 9.59 Å². The highest BCUT2D eigenvalue weighted by Gasteiger charge is 2.39. The summed E-state index contributed by atoms with van der Waals surface area (Å²) >= 11 is 0. The van der Waals surface area contributed by atoms with Crippen LogP contribution in [-0.4, -0.2) is 41.2 Å². The smallest absolute Gasteiger partial charge is 0.411 e. The molecule has 0 radical (unpaired) electrons. The van der Waals surface area contributed by atoms with Gasteiger partial charge in [-0.3, -0.25) is 9.88 Å². The molecule has 0 saturated carbocycles. The van der Waals surface area contributed by atoms with Crippen LogP contribution in [0, 0.1) is 0 Å². The summed E-state index contributed by atoms with van der Waals surface area (Å²) in [5, 5.41) is 0. The second kappa shape index (κ2) is 7.39. The molecule has 2 heterocycles. The van der Waals surface area contributed by atoms with Gasteiger partial charge in [0.25, 0.3) is 0 Å². The lowest BCUT2D eigenvalue weighted by Crippen LogP contribution is -2.46. The number of methoxy groups -OCH3 is 1. The molecule has 1 aliphatic rings. The molecule has 142 valence electrons. The topological polar surface area (TPSA) is 68.7 Å². The van der Waals surface area contributed by atoms with Crippen molar-refractivity contribution in [3.05, 3.63) is 53.9 Å². The van der Waals surface area contributed by atoms with Crippen molar-refractivity contribution in [1.29, 1.82) is 0 Å². The van der Waals surface area contributed by atoms with Crippen LogP contribution in [0.1, 0.15) is 37.9 Å². The zero-order valence-electron chi connectivity index (χ0n) is 16.1. The Morgan fingerprint density at radius 2 is 1.85 bits per heavy atom. The largest absolute Gasteiger partial charge is 0.467 e. The van der Waals surface area contributed by atoms with E-state index in [1.165, 1.54) is 12.0 Å². The number of aromatic nitrogens is 1. The van der Waals surface area contributed by atoms with Crippen molar-refractivity contribution in [1.82, 2.24) is 9.88 Å². The van der Waals surface area contributed by atoms with E-state index in [2.05, 4.69) is 4.98 Å². The number of ether oxygens (including phenoxy) is 2. The molecule has 1 aromatic heterocycles. The lowest BCUT2D eigenvalue weighted by molar-refractivity contribution is -0.147. The molecule has 0 N–H and O–H groups in total. The highest BCUT2D eigenvalue weighted by molar-refractivity contribution is 5.85. The number of carbonyl (C=O) groups excluding carboxylic acids is 2. The van der Waals surface area contributed by atoms with E-state index in [1.54, 1.807) is 33.2 Å². The monoisotopic (exact) mass is 368 g/mol. The third kappa shape index (κ3) is 3.94. The number of pyridine rings is 1. The van der Waals surface area contributed by atoms with Crippen LogP contribution >= 0.6 is 0 Å². The Hall–Kier alpha value is -2.89. The molecule has 0 unspecified atom stereocenters. The van der Waals surface area contributed by atoms with Gasteiger partial charge in [0.15, 0.2) is 6.04 Å². The Kier molecular flexibility index (Phi) is 5.17. The quantitative estimate of drug-likeness (QED) is 0.755. The number of benzene rings is 1. The SMILES string of the molecule is COC(=O)[C@@H]1c2cccc(-c3ccncc3)c2CCN1C(=O)OC(C)(C)C. The number of fused-ring (bicyclic) bond motifs is 1. The predicted octanol–water partition coefficient (Wildman–Crippen LogP) is 3.76. The normalized spacial score (nSPS) is 16.4. The van der Waals surface area contributed by atoms with Gasteiger partial charge < -0.3 is 9.47 Å². The predicted molar refractivity (Wildman–Crippen MR) is 101 cm³/mol. The van der Waals surface area contributed by atoms with Crippen LogP contribution in [0.2, 0.25) is 0 Å². The van der Waals surface area contributed by atoms with E-state index in [4.69, 9.17) is 9.47 Å². The molecule has 6 nitrogen and oxygen atoms in total. The Morgan fingerprint density at radius 3 is 2.48 bits per heavy atom. The Balaban J connectivity index is 2.05. The zero-order chi connectivity index (χ0) is 19.6. The summed E-state index contributed by atoms with van der Waals surface area (Å²) < 4.78 is 10.5. The molecule has 2 aromatic rings. The minimum absolute atomic E-state index is 0.379. The summed E-state index contributed by atoms with van der Waals surface area (Å²) in [6.45, 7) is 5.79. The molecular formula is C21H24N2O4. The van der Waals surface area contributed by atoms with Crippen LogP contribution in [0.15, 0.2) is 42.7 Å². The van der Waals surface area contributed by atoms with Gasteiger partial charge in [0.05, 0.1) is 7.11 Å². The van der Waals surface area contributed by atoms with Crippen LogP contribution < -0.4 is 0 Å². The van der Waals surface area contributed by atoms with Crippen LogP contribution in [0.4, 0.5) is 4.79 Å². The summed E-state index contributed by atoms with van der Waals surface area (Å²) in [7, 11) is 1.33. The Labute approximate surface area is 159 Å². The van der Waals surface area contributed by atoms with Gasteiger partial charge in [-0.2, -0.15) is 0 Å². The van der Waals surface area contributed by atoms with Gasteiger partial charge >= 0.3 is 12.1 Å². The van der Waals surface area contributed by atoms with Crippen molar-refractivity contribution in [3.8, 4) is 11.1 Å². The zero-order valence-corrected chi connectivity index (χ0v) is 16.1.